The Bertz CT molecular complexity index is 1400. The molecule has 0 spiro atoms. The van der Waals surface area contributed by atoms with E-state index in [0.29, 0.717) is 34.5 Å². The molecular formula is C25H24N4O4S2. The van der Waals surface area contributed by atoms with Gasteiger partial charge in [-0.25, -0.2) is 15.1 Å². The van der Waals surface area contributed by atoms with Crippen LogP contribution in [0.15, 0.2) is 48.2 Å². The SMILES string of the molecule is C#Cc1cccc(Cc2csc(C(=O)c3cncnc3NC3C4CC(COS(N)(=O)=O)C[C@H]43)c2)c1. The first-order valence-electron chi connectivity index (χ1n) is 11.2. The lowest BCUT2D eigenvalue weighted by Gasteiger charge is -2.15. The first kappa shape index (κ1) is 23.6. The number of fused-ring (bicyclic) bond motifs is 1. The van der Waals surface area contributed by atoms with Crippen molar-refractivity contribution in [1.29, 1.82) is 0 Å². The van der Waals surface area contributed by atoms with Crippen molar-refractivity contribution in [3.05, 3.63) is 75.4 Å². The maximum atomic E-state index is 13.3. The zero-order chi connectivity index (χ0) is 24.6. The van der Waals surface area contributed by atoms with Crippen molar-refractivity contribution < 1.29 is 17.4 Å². The molecule has 2 aromatic heterocycles. The number of benzene rings is 1. The number of nitrogens with zero attached hydrogens (tertiary/aromatic N) is 2. The molecule has 0 radical (unpaired) electrons. The Kier molecular flexibility index (Phi) is 6.42. The molecule has 2 aliphatic carbocycles. The van der Waals surface area contributed by atoms with Crippen LogP contribution in [0.5, 0.6) is 0 Å². The Morgan fingerprint density at radius 2 is 2.06 bits per heavy atom. The molecule has 3 N–H and O–H groups in total. The zero-order valence-corrected chi connectivity index (χ0v) is 20.4. The Hall–Kier alpha value is -3.10. The van der Waals surface area contributed by atoms with Gasteiger partial charge in [0.05, 0.1) is 17.0 Å². The Labute approximate surface area is 208 Å². The zero-order valence-electron chi connectivity index (χ0n) is 18.8. The Morgan fingerprint density at radius 1 is 1.26 bits per heavy atom. The van der Waals surface area contributed by atoms with Crippen LogP contribution in [0.25, 0.3) is 0 Å². The van der Waals surface area contributed by atoms with Gasteiger partial charge in [-0.3, -0.25) is 8.98 Å². The lowest BCUT2D eigenvalue weighted by Crippen LogP contribution is -2.22. The number of rotatable bonds is 9. The fourth-order valence-electron chi connectivity index (χ4n) is 4.99. The molecule has 0 aliphatic heterocycles. The minimum atomic E-state index is -3.91. The smallest absolute Gasteiger partial charge is 0.333 e. The van der Waals surface area contributed by atoms with Gasteiger partial charge in [0.1, 0.15) is 12.1 Å². The second-order valence-electron chi connectivity index (χ2n) is 9.07. The molecule has 2 heterocycles. The van der Waals surface area contributed by atoms with E-state index in [0.717, 1.165) is 29.5 Å². The minimum Gasteiger partial charge on any atom is -0.366 e. The summed E-state index contributed by atoms with van der Waals surface area (Å²) in [5.74, 6) is 4.01. The number of carbonyl (C=O) groups excluding carboxylic acids is 1. The summed E-state index contributed by atoms with van der Waals surface area (Å²) in [7, 11) is -3.91. The highest BCUT2D eigenvalue weighted by Crippen LogP contribution is 2.55. The molecule has 2 saturated carbocycles. The lowest BCUT2D eigenvalue weighted by atomic mass is 10.0. The summed E-state index contributed by atoms with van der Waals surface area (Å²) in [6.07, 6.45) is 10.9. The number of nitrogens with two attached hydrogens (primary N) is 1. The quantitative estimate of drug-likeness (QED) is 0.336. The number of thiophene rings is 1. The summed E-state index contributed by atoms with van der Waals surface area (Å²) in [4.78, 5) is 22.3. The molecule has 1 aromatic carbocycles. The minimum absolute atomic E-state index is 0.115. The Morgan fingerprint density at radius 3 is 2.80 bits per heavy atom. The monoisotopic (exact) mass is 508 g/mol. The van der Waals surface area contributed by atoms with E-state index in [-0.39, 0.29) is 24.3 Å². The first-order chi connectivity index (χ1) is 16.8. The van der Waals surface area contributed by atoms with Crippen molar-refractivity contribution in [1.82, 2.24) is 9.97 Å². The number of nitrogens with one attached hydrogen (secondary N) is 1. The highest BCUT2D eigenvalue weighted by atomic mass is 32.2. The second-order valence-corrected chi connectivity index (χ2v) is 11.2. The van der Waals surface area contributed by atoms with Crippen LogP contribution < -0.4 is 10.5 Å². The maximum absolute atomic E-state index is 13.3. The van der Waals surface area contributed by atoms with Gasteiger partial charge in [-0.05, 0) is 71.7 Å². The van der Waals surface area contributed by atoms with E-state index in [1.54, 1.807) is 6.20 Å². The van der Waals surface area contributed by atoms with E-state index in [2.05, 4.69) is 21.2 Å². The van der Waals surface area contributed by atoms with Gasteiger partial charge in [0, 0.05) is 17.8 Å². The van der Waals surface area contributed by atoms with Crippen LogP contribution in [0.2, 0.25) is 0 Å². The first-order valence-corrected chi connectivity index (χ1v) is 13.6. The summed E-state index contributed by atoms with van der Waals surface area (Å²) in [6, 6.07) is 9.93. The van der Waals surface area contributed by atoms with Crippen molar-refractivity contribution in [3.63, 3.8) is 0 Å². The van der Waals surface area contributed by atoms with E-state index in [4.69, 9.17) is 15.7 Å². The van der Waals surface area contributed by atoms with Crippen molar-refractivity contribution in [2.24, 2.45) is 22.9 Å². The van der Waals surface area contributed by atoms with E-state index in [9.17, 15) is 13.2 Å². The van der Waals surface area contributed by atoms with Crippen LogP contribution in [-0.2, 0) is 20.9 Å². The van der Waals surface area contributed by atoms with E-state index in [1.165, 1.54) is 17.7 Å². The van der Waals surface area contributed by atoms with Crippen LogP contribution in [0, 0.1) is 30.1 Å². The van der Waals surface area contributed by atoms with Gasteiger partial charge in [0.15, 0.2) is 0 Å². The molecule has 0 saturated heterocycles. The molecule has 180 valence electrons. The van der Waals surface area contributed by atoms with Crippen LogP contribution in [0.4, 0.5) is 5.82 Å². The lowest BCUT2D eigenvalue weighted by molar-refractivity contribution is 0.104. The maximum Gasteiger partial charge on any atom is 0.333 e. The summed E-state index contributed by atoms with van der Waals surface area (Å²) >= 11 is 1.40. The molecule has 8 nitrogen and oxygen atoms in total. The van der Waals surface area contributed by atoms with Crippen LogP contribution in [0.1, 0.15) is 44.8 Å². The van der Waals surface area contributed by atoms with E-state index >= 15 is 0 Å². The topological polar surface area (TPSA) is 124 Å². The average Bonchev–Trinajstić information content (AvgIpc) is 3.20. The van der Waals surface area contributed by atoms with E-state index < -0.39 is 10.3 Å². The fraction of sp³-hybridized carbons (Fsp3) is 0.320. The number of hydrogen-bond donors (Lipinski definition) is 2. The van der Waals surface area contributed by atoms with Crippen molar-refractivity contribution in [2.75, 3.05) is 11.9 Å². The third-order valence-corrected chi connectivity index (χ3v) is 8.09. The van der Waals surface area contributed by atoms with Crippen LogP contribution >= 0.6 is 11.3 Å². The van der Waals surface area contributed by atoms with Gasteiger partial charge in [0.2, 0.25) is 5.78 Å². The predicted octanol–water partition coefficient (Wildman–Crippen LogP) is 3.00. The number of ketones is 1. The third-order valence-electron chi connectivity index (χ3n) is 6.65. The molecule has 0 bridgehead atoms. The van der Waals surface area contributed by atoms with Gasteiger partial charge in [-0.1, -0.05) is 18.1 Å². The van der Waals surface area contributed by atoms with Gasteiger partial charge in [-0.15, -0.1) is 17.8 Å². The van der Waals surface area contributed by atoms with Crippen molar-refractivity contribution in [3.8, 4) is 12.3 Å². The fourth-order valence-corrected chi connectivity index (χ4v) is 6.24. The van der Waals surface area contributed by atoms with Gasteiger partial charge < -0.3 is 5.32 Å². The number of aromatic nitrogens is 2. The molecule has 10 heteroatoms. The van der Waals surface area contributed by atoms with Gasteiger partial charge in [-0.2, -0.15) is 8.42 Å². The highest BCUT2D eigenvalue weighted by molar-refractivity contribution is 7.84. The molecule has 2 fully saturated rings. The van der Waals surface area contributed by atoms with Crippen molar-refractivity contribution in [2.45, 2.75) is 25.3 Å². The average molecular weight is 509 g/mol. The summed E-state index contributed by atoms with van der Waals surface area (Å²) in [6.45, 7) is 0.115. The summed E-state index contributed by atoms with van der Waals surface area (Å²) in [5.41, 5.74) is 3.41. The molecule has 3 unspecified atom stereocenters. The molecule has 3 aromatic rings. The normalized spacial score (nSPS) is 22.9. The second kappa shape index (κ2) is 9.51. The molecule has 35 heavy (non-hydrogen) atoms. The number of terminal acetylenes is 1. The standard InChI is InChI=1S/C25H24N4O4S2/c1-2-15-4-3-5-16(6-15)7-18-10-22(34-13-18)24(30)21-11-27-14-28-25(21)29-23-19-8-17(9-20(19)23)12-33-35(26,31)32/h1,3-6,10-11,13-14,17,19-20,23H,7-9,12H2,(H2,26,31,32)(H,27,28,29)/t17?,19-,20?,23?/m1/s1. The van der Waals surface area contributed by atoms with Crippen LogP contribution in [-0.4, -0.2) is 36.8 Å². The van der Waals surface area contributed by atoms with Gasteiger partial charge in [0.25, 0.3) is 0 Å². The number of carbonyl (C=O) groups is 1. The number of anilines is 1. The largest absolute Gasteiger partial charge is 0.366 e. The molecule has 5 rings (SSSR count). The van der Waals surface area contributed by atoms with Gasteiger partial charge >= 0.3 is 10.3 Å². The molecule has 2 aliphatic rings. The van der Waals surface area contributed by atoms with Crippen molar-refractivity contribution >= 4 is 33.2 Å². The predicted molar refractivity (Wildman–Crippen MR) is 133 cm³/mol. The Balaban J connectivity index is 1.23. The van der Waals surface area contributed by atoms with Crippen LogP contribution in [0.3, 0.4) is 0 Å². The third kappa shape index (κ3) is 5.44. The molecule has 0 amide bonds. The molecular weight excluding hydrogens is 484 g/mol. The summed E-state index contributed by atoms with van der Waals surface area (Å²) in [5, 5.41) is 10.3. The van der Waals surface area contributed by atoms with E-state index in [1.807, 2.05) is 35.7 Å². The number of hydrogen-bond acceptors (Lipinski definition) is 8. The molecule has 4 atom stereocenters. The summed E-state index contributed by atoms with van der Waals surface area (Å²) < 4.78 is 26.8. The highest BCUT2D eigenvalue weighted by Gasteiger charge is 2.56.